The molecule has 152 valence electrons. The molecule has 4 rings (SSSR count). The minimum absolute atomic E-state index is 0.150. The molecule has 0 saturated carbocycles. The van der Waals surface area contributed by atoms with Gasteiger partial charge in [0.15, 0.2) is 10.9 Å². The molecule has 1 unspecified atom stereocenters. The van der Waals surface area contributed by atoms with Gasteiger partial charge in [-0.05, 0) is 38.3 Å². The number of ether oxygens (including phenoxy) is 1. The maximum Gasteiger partial charge on any atom is 0.267 e. The van der Waals surface area contributed by atoms with E-state index in [-0.39, 0.29) is 17.7 Å². The number of aryl methyl sites for hydroxylation is 1. The summed E-state index contributed by atoms with van der Waals surface area (Å²) < 4.78 is 7.43. The number of rotatable bonds is 5. The van der Waals surface area contributed by atoms with Crippen LogP contribution in [0.1, 0.15) is 39.7 Å². The summed E-state index contributed by atoms with van der Waals surface area (Å²) >= 11 is 1.25. The van der Waals surface area contributed by atoms with Gasteiger partial charge in [0.2, 0.25) is 0 Å². The van der Waals surface area contributed by atoms with E-state index in [1.54, 1.807) is 19.1 Å². The third kappa shape index (κ3) is 4.25. The van der Waals surface area contributed by atoms with E-state index in [2.05, 4.69) is 20.7 Å². The molecule has 8 nitrogen and oxygen atoms in total. The Morgan fingerprint density at radius 2 is 2.21 bits per heavy atom. The zero-order chi connectivity index (χ0) is 20.4. The Labute approximate surface area is 172 Å². The van der Waals surface area contributed by atoms with E-state index >= 15 is 0 Å². The zero-order valence-electron chi connectivity index (χ0n) is 16.3. The molecule has 3 aromatic rings. The number of carbonyl (C=O) groups is 1. The van der Waals surface area contributed by atoms with Crippen LogP contribution in [0.4, 0.5) is 16.6 Å². The van der Waals surface area contributed by atoms with Gasteiger partial charge in [0.1, 0.15) is 10.6 Å². The minimum Gasteiger partial charge on any atom is -0.508 e. The van der Waals surface area contributed by atoms with E-state index in [1.807, 2.05) is 23.9 Å². The first-order valence-electron chi connectivity index (χ1n) is 9.47. The Morgan fingerprint density at radius 3 is 3.00 bits per heavy atom. The maximum atomic E-state index is 12.6. The first-order valence-corrected chi connectivity index (χ1v) is 10.3. The number of amides is 1. The largest absolute Gasteiger partial charge is 0.508 e. The molecular weight excluding hydrogens is 390 g/mol. The topological polar surface area (TPSA) is 101 Å². The lowest BCUT2D eigenvalue weighted by Crippen LogP contribution is -2.21. The van der Waals surface area contributed by atoms with Crippen LogP contribution >= 0.6 is 11.3 Å². The van der Waals surface area contributed by atoms with Crippen LogP contribution in [-0.2, 0) is 4.74 Å². The number of hydrogen-bond donors (Lipinski definition) is 3. The predicted molar refractivity (Wildman–Crippen MR) is 112 cm³/mol. The monoisotopic (exact) mass is 413 g/mol. The number of aromatic nitrogens is 3. The minimum atomic E-state index is -0.266. The van der Waals surface area contributed by atoms with Gasteiger partial charge in [-0.1, -0.05) is 17.4 Å². The number of hydrogen-bond acceptors (Lipinski definition) is 7. The number of nitrogens with one attached hydrogen (secondary N) is 2. The van der Waals surface area contributed by atoms with Crippen molar-refractivity contribution in [1.29, 1.82) is 0 Å². The number of phenols is 1. The summed E-state index contributed by atoms with van der Waals surface area (Å²) in [5.74, 6) is 0.560. The summed E-state index contributed by atoms with van der Waals surface area (Å²) in [6.07, 6.45) is 5.55. The van der Waals surface area contributed by atoms with Gasteiger partial charge in [-0.25, -0.2) is 4.98 Å². The van der Waals surface area contributed by atoms with Crippen molar-refractivity contribution < 1.29 is 14.6 Å². The van der Waals surface area contributed by atoms with Gasteiger partial charge in [0.25, 0.3) is 5.91 Å². The van der Waals surface area contributed by atoms with E-state index in [0.29, 0.717) is 33.7 Å². The molecule has 9 heteroatoms. The van der Waals surface area contributed by atoms with Crippen LogP contribution in [-0.4, -0.2) is 39.0 Å². The normalized spacial score (nSPS) is 16.6. The molecule has 1 atom stereocenters. The number of anilines is 3. The van der Waals surface area contributed by atoms with Crippen LogP contribution in [0.15, 0.2) is 30.6 Å². The van der Waals surface area contributed by atoms with Crippen molar-refractivity contribution in [3.05, 3.63) is 46.6 Å². The van der Waals surface area contributed by atoms with Crippen molar-refractivity contribution in [2.45, 2.75) is 32.7 Å². The lowest BCUT2D eigenvalue weighted by molar-refractivity contribution is 0.0550. The Hall–Kier alpha value is -2.91. The van der Waals surface area contributed by atoms with Crippen molar-refractivity contribution in [2.24, 2.45) is 0 Å². The molecule has 3 heterocycles. The molecule has 1 fully saturated rings. The summed E-state index contributed by atoms with van der Waals surface area (Å²) in [7, 11) is 0. The number of thiazole rings is 1. The lowest BCUT2D eigenvalue weighted by Gasteiger charge is -2.22. The Bertz CT molecular complexity index is 1020. The summed E-state index contributed by atoms with van der Waals surface area (Å²) in [4.78, 5) is 17.4. The van der Waals surface area contributed by atoms with Gasteiger partial charge in [-0.15, -0.1) is 0 Å². The number of aromatic hydroxyl groups is 1. The third-order valence-electron chi connectivity index (χ3n) is 4.97. The van der Waals surface area contributed by atoms with Crippen molar-refractivity contribution in [3.63, 3.8) is 0 Å². The maximum absolute atomic E-state index is 12.6. The number of nitrogens with zero attached hydrogens (tertiary/aromatic N) is 3. The lowest BCUT2D eigenvalue weighted by atomic mass is 10.1. The van der Waals surface area contributed by atoms with Gasteiger partial charge in [0.05, 0.1) is 24.5 Å². The van der Waals surface area contributed by atoms with E-state index in [0.717, 1.165) is 25.0 Å². The predicted octanol–water partition coefficient (Wildman–Crippen LogP) is 4.01. The SMILES string of the molecule is Cc1ccc(O)c(C)c1NC(=O)c1cnc(Nc2ccn(C3CCCOC3)n2)s1. The fraction of sp³-hybridized carbons (Fsp3) is 0.350. The van der Waals surface area contributed by atoms with Crippen molar-refractivity contribution in [3.8, 4) is 5.75 Å². The third-order valence-corrected chi connectivity index (χ3v) is 5.88. The second-order valence-corrected chi connectivity index (χ2v) is 8.09. The summed E-state index contributed by atoms with van der Waals surface area (Å²) in [6, 6.07) is 5.53. The van der Waals surface area contributed by atoms with Crippen LogP contribution in [0.25, 0.3) is 0 Å². The molecule has 1 aliphatic heterocycles. The molecule has 1 aromatic carbocycles. The molecular formula is C20H23N5O3S. The van der Waals surface area contributed by atoms with E-state index in [1.165, 1.54) is 17.5 Å². The van der Waals surface area contributed by atoms with Crippen molar-refractivity contribution >= 4 is 33.9 Å². The summed E-state index contributed by atoms with van der Waals surface area (Å²) in [6.45, 7) is 5.14. The molecule has 1 amide bonds. The number of phenolic OH excluding ortho intramolecular Hbond substituents is 1. The van der Waals surface area contributed by atoms with E-state index in [4.69, 9.17) is 4.74 Å². The highest BCUT2D eigenvalue weighted by Crippen LogP contribution is 2.29. The quantitative estimate of drug-likeness (QED) is 0.584. The van der Waals surface area contributed by atoms with Crippen LogP contribution in [0.3, 0.4) is 0 Å². The highest BCUT2D eigenvalue weighted by atomic mass is 32.1. The smallest absolute Gasteiger partial charge is 0.267 e. The molecule has 1 aliphatic rings. The highest BCUT2D eigenvalue weighted by molar-refractivity contribution is 7.17. The van der Waals surface area contributed by atoms with E-state index in [9.17, 15) is 9.90 Å². The highest BCUT2D eigenvalue weighted by Gasteiger charge is 2.18. The molecule has 1 saturated heterocycles. The molecule has 2 aromatic heterocycles. The first kappa shape index (κ1) is 19.4. The van der Waals surface area contributed by atoms with Crippen LogP contribution in [0.2, 0.25) is 0 Å². The average molecular weight is 414 g/mol. The fourth-order valence-corrected chi connectivity index (χ4v) is 4.01. The second-order valence-electron chi connectivity index (χ2n) is 7.06. The molecule has 0 aliphatic carbocycles. The Morgan fingerprint density at radius 1 is 1.34 bits per heavy atom. The van der Waals surface area contributed by atoms with Crippen molar-refractivity contribution in [1.82, 2.24) is 14.8 Å². The summed E-state index contributed by atoms with van der Waals surface area (Å²) in [5.41, 5.74) is 2.14. The zero-order valence-corrected chi connectivity index (χ0v) is 17.1. The Balaban J connectivity index is 1.43. The van der Waals surface area contributed by atoms with Crippen LogP contribution in [0.5, 0.6) is 5.75 Å². The number of carbonyl (C=O) groups excluding carboxylic acids is 1. The Kier molecular flexibility index (Phi) is 5.50. The standard InChI is InChI=1S/C20H23N5O3S/c1-12-5-6-15(26)13(2)18(12)23-19(27)16-10-21-20(29-16)22-17-7-8-25(24-17)14-4-3-9-28-11-14/h5-8,10,14,26H,3-4,9,11H2,1-2H3,(H,23,27)(H,21,22,24). The fourth-order valence-electron chi connectivity index (χ4n) is 3.29. The summed E-state index contributed by atoms with van der Waals surface area (Å²) in [5, 5.41) is 21.0. The van der Waals surface area contributed by atoms with Crippen LogP contribution < -0.4 is 10.6 Å². The van der Waals surface area contributed by atoms with Crippen molar-refractivity contribution in [2.75, 3.05) is 23.8 Å². The van der Waals surface area contributed by atoms with Gasteiger partial charge < -0.3 is 20.5 Å². The first-order chi connectivity index (χ1) is 14.0. The number of benzene rings is 1. The molecule has 0 radical (unpaired) electrons. The van der Waals surface area contributed by atoms with Crippen LogP contribution in [0, 0.1) is 13.8 Å². The second kappa shape index (κ2) is 8.22. The van der Waals surface area contributed by atoms with E-state index < -0.39 is 0 Å². The molecule has 0 spiro atoms. The van der Waals surface area contributed by atoms with Gasteiger partial charge in [0, 0.05) is 24.4 Å². The van der Waals surface area contributed by atoms with Gasteiger partial charge >= 0.3 is 0 Å². The van der Waals surface area contributed by atoms with Gasteiger partial charge in [-0.3, -0.25) is 9.48 Å². The average Bonchev–Trinajstić information content (AvgIpc) is 3.39. The molecule has 0 bridgehead atoms. The molecule has 3 N–H and O–H groups in total. The molecule has 29 heavy (non-hydrogen) atoms. The van der Waals surface area contributed by atoms with Gasteiger partial charge in [-0.2, -0.15) is 5.10 Å².